The molecule has 0 aromatic heterocycles. The predicted molar refractivity (Wildman–Crippen MR) is 218 cm³/mol. The number of hydrogen-bond donors (Lipinski definition) is 0. The minimum atomic E-state index is 0.0934. The molecule has 0 heteroatoms. The van der Waals surface area contributed by atoms with Gasteiger partial charge in [0.05, 0.1) is 0 Å². The van der Waals surface area contributed by atoms with Crippen LogP contribution in [0.25, 0.3) is 34.4 Å². The molecule has 260 valence electrons. The second-order valence-electron chi connectivity index (χ2n) is 20.0. The molecule has 0 amide bonds. The molecule has 1 fully saturated rings. The molecular weight excluding hydrogens is 601 g/mol. The van der Waals surface area contributed by atoms with Crippen molar-refractivity contribution in [1.82, 2.24) is 0 Å². The van der Waals surface area contributed by atoms with E-state index < -0.39 is 0 Å². The first kappa shape index (κ1) is 34.8. The van der Waals surface area contributed by atoms with E-state index in [-0.39, 0.29) is 27.1 Å². The summed E-state index contributed by atoms with van der Waals surface area (Å²) in [6, 6.07) is 28.9. The fourth-order valence-electron chi connectivity index (χ4n) is 8.53. The predicted octanol–water partition coefficient (Wildman–Crippen LogP) is 14.0. The van der Waals surface area contributed by atoms with Crippen LogP contribution in [0, 0.1) is 5.41 Å². The molecule has 0 spiro atoms. The molecule has 0 unspecified atom stereocenters. The average Bonchev–Trinajstić information content (AvgIpc) is 3.63. The average molecular weight is 661 g/mol. The van der Waals surface area contributed by atoms with E-state index in [2.05, 4.69) is 168 Å². The van der Waals surface area contributed by atoms with Crippen molar-refractivity contribution < 1.29 is 0 Å². The van der Waals surface area contributed by atoms with E-state index in [1.807, 2.05) is 0 Å². The van der Waals surface area contributed by atoms with Crippen LogP contribution in [-0.4, -0.2) is 0 Å². The zero-order valence-electron chi connectivity index (χ0n) is 33.1. The Bertz CT molecular complexity index is 1830. The summed E-state index contributed by atoms with van der Waals surface area (Å²) >= 11 is 0. The van der Waals surface area contributed by atoms with Crippen molar-refractivity contribution in [3.05, 3.63) is 128 Å². The van der Waals surface area contributed by atoms with Gasteiger partial charge >= 0.3 is 0 Å². The fraction of sp³-hybridized carbons (Fsp3) is 0.440. The standard InChI is InChI=1S/C50H60/c1-46(2,3)36-24-34(25-37(28-36)47(4,5)6)42-18-13-16-32-22-40(30-44(32)42)50(20-15-21-50)41-23-33-17-14-19-43(45(33)31-41)35-26-38(48(7,8)9)29-39(27-35)49(10,11)12/h13-14,16-19,24-31H,15,20-23H2,1-12H3. The summed E-state index contributed by atoms with van der Waals surface area (Å²) in [5.74, 6) is 0. The Kier molecular flexibility index (Phi) is 8.14. The summed E-state index contributed by atoms with van der Waals surface area (Å²) < 4.78 is 0. The van der Waals surface area contributed by atoms with E-state index in [4.69, 9.17) is 0 Å². The Balaban J connectivity index is 1.30. The van der Waals surface area contributed by atoms with E-state index in [0.29, 0.717) is 0 Å². The number of allylic oxidation sites excluding steroid dienone is 2. The van der Waals surface area contributed by atoms with E-state index in [1.54, 1.807) is 11.1 Å². The summed E-state index contributed by atoms with van der Waals surface area (Å²) in [6.07, 6.45) is 11.2. The molecule has 0 radical (unpaired) electrons. The molecule has 0 aliphatic heterocycles. The van der Waals surface area contributed by atoms with Crippen LogP contribution in [0.2, 0.25) is 0 Å². The molecule has 0 bridgehead atoms. The molecule has 0 atom stereocenters. The van der Waals surface area contributed by atoms with Crippen LogP contribution >= 0.6 is 0 Å². The molecule has 4 aromatic rings. The molecule has 50 heavy (non-hydrogen) atoms. The van der Waals surface area contributed by atoms with Gasteiger partial charge in [0.1, 0.15) is 0 Å². The van der Waals surface area contributed by atoms with Gasteiger partial charge in [-0.25, -0.2) is 0 Å². The molecule has 0 nitrogen and oxygen atoms in total. The molecule has 4 aromatic carbocycles. The third-order valence-corrected chi connectivity index (χ3v) is 12.2. The van der Waals surface area contributed by atoms with Crippen LogP contribution in [0.1, 0.15) is 147 Å². The molecule has 0 saturated heterocycles. The van der Waals surface area contributed by atoms with Gasteiger partial charge in [-0.2, -0.15) is 0 Å². The fourth-order valence-corrected chi connectivity index (χ4v) is 8.53. The van der Waals surface area contributed by atoms with Crippen LogP contribution in [-0.2, 0) is 34.5 Å². The van der Waals surface area contributed by atoms with Crippen molar-refractivity contribution in [2.24, 2.45) is 5.41 Å². The van der Waals surface area contributed by atoms with Gasteiger partial charge in [-0.15, -0.1) is 0 Å². The van der Waals surface area contributed by atoms with Crippen LogP contribution in [0.4, 0.5) is 0 Å². The SMILES string of the molecule is CC(C)(C)c1cc(-c2cccc3c2C=C(C2(C4=Cc5c(cccc5-c5cc(C(C)(C)C)cc(C(C)(C)C)c5)C4)CCC2)C3)cc(C(C)(C)C)c1. The first-order chi connectivity index (χ1) is 23.2. The Labute approximate surface area is 304 Å². The van der Waals surface area contributed by atoms with Crippen molar-refractivity contribution >= 4 is 12.2 Å². The summed E-state index contributed by atoms with van der Waals surface area (Å²) in [5.41, 5.74) is 20.9. The van der Waals surface area contributed by atoms with Gasteiger partial charge in [0.25, 0.3) is 0 Å². The lowest BCUT2D eigenvalue weighted by molar-refractivity contribution is 0.235. The van der Waals surface area contributed by atoms with Crippen molar-refractivity contribution in [3.63, 3.8) is 0 Å². The summed E-state index contributed by atoms with van der Waals surface area (Å²) in [7, 11) is 0. The normalized spacial score (nSPS) is 17.2. The highest BCUT2D eigenvalue weighted by atomic mass is 14.5. The molecule has 7 rings (SSSR count). The maximum absolute atomic E-state index is 2.62. The Hall–Kier alpha value is -3.64. The molecule has 1 saturated carbocycles. The second-order valence-corrected chi connectivity index (χ2v) is 20.0. The number of rotatable bonds is 4. The zero-order chi connectivity index (χ0) is 36.0. The summed E-state index contributed by atoms with van der Waals surface area (Å²) in [4.78, 5) is 0. The Morgan fingerprint density at radius 2 is 0.780 bits per heavy atom. The number of fused-ring (bicyclic) bond motifs is 2. The molecule has 3 aliphatic rings. The highest BCUT2D eigenvalue weighted by Crippen LogP contribution is 2.59. The van der Waals surface area contributed by atoms with Gasteiger partial charge < -0.3 is 0 Å². The summed E-state index contributed by atoms with van der Waals surface area (Å²) in [6.45, 7) is 28.1. The lowest BCUT2D eigenvalue weighted by atomic mass is 9.59. The quantitative estimate of drug-likeness (QED) is 0.204. The monoisotopic (exact) mass is 660 g/mol. The minimum Gasteiger partial charge on any atom is -0.0613 e. The van der Waals surface area contributed by atoms with E-state index >= 15 is 0 Å². The van der Waals surface area contributed by atoms with E-state index in [9.17, 15) is 0 Å². The van der Waals surface area contributed by atoms with Gasteiger partial charge in [-0.1, -0.05) is 186 Å². The van der Waals surface area contributed by atoms with Gasteiger partial charge in [0, 0.05) is 5.41 Å². The van der Waals surface area contributed by atoms with Crippen molar-refractivity contribution in [3.8, 4) is 22.3 Å². The Morgan fingerprint density at radius 3 is 1.06 bits per heavy atom. The van der Waals surface area contributed by atoms with Crippen LogP contribution in [0.15, 0.2) is 83.9 Å². The smallest absolute Gasteiger partial charge is 0.0134 e. The number of hydrogen-bond acceptors (Lipinski definition) is 0. The van der Waals surface area contributed by atoms with E-state index in [1.165, 1.54) is 86.0 Å². The topological polar surface area (TPSA) is 0 Å². The third-order valence-electron chi connectivity index (χ3n) is 12.2. The van der Waals surface area contributed by atoms with Gasteiger partial charge in [0.15, 0.2) is 0 Å². The lowest BCUT2D eigenvalue weighted by Gasteiger charge is -2.45. The van der Waals surface area contributed by atoms with Gasteiger partial charge in [-0.05, 0) is 114 Å². The van der Waals surface area contributed by atoms with Crippen molar-refractivity contribution in [2.75, 3.05) is 0 Å². The van der Waals surface area contributed by atoms with Crippen LogP contribution in [0.3, 0.4) is 0 Å². The maximum Gasteiger partial charge on any atom is 0.0134 e. The van der Waals surface area contributed by atoms with E-state index in [0.717, 1.165) is 12.8 Å². The highest BCUT2D eigenvalue weighted by Gasteiger charge is 2.46. The highest BCUT2D eigenvalue weighted by molar-refractivity contribution is 5.85. The first-order valence-electron chi connectivity index (χ1n) is 19.2. The van der Waals surface area contributed by atoms with Crippen molar-refractivity contribution in [2.45, 2.75) is 137 Å². The van der Waals surface area contributed by atoms with Gasteiger partial charge in [0.2, 0.25) is 0 Å². The van der Waals surface area contributed by atoms with Crippen molar-refractivity contribution in [1.29, 1.82) is 0 Å². The first-order valence-corrected chi connectivity index (χ1v) is 19.2. The third kappa shape index (κ3) is 6.16. The largest absolute Gasteiger partial charge is 0.0613 e. The van der Waals surface area contributed by atoms with Gasteiger partial charge in [-0.3, -0.25) is 0 Å². The number of benzene rings is 4. The minimum absolute atomic E-state index is 0.0934. The Morgan fingerprint density at radius 1 is 0.440 bits per heavy atom. The summed E-state index contributed by atoms with van der Waals surface area (Å²) in [5, 5.41) is 0. The molecule has 0 heterocycles. The van der Waals surface area contributed by atoms with Crippen LogP contribution < -0.4 is 0 Å². The molecule has 0 N–H and O–H groups in total. The molecule has 3 aliphatic carbocycles. The van der Waals surface area contributed by atoms with Crippen LogP contribution in [0.5, 0.6) is 0 Å². The lowest BCUT2D eigenvalue weighted by Crippen LogP contribution is -2.34. The second kappa shape index (κ2) is 11.7. The zero-order valence-corrected chi connectivity index (χ0v) is 33.1. The molecular formula is C50H60. The maximum atomic E-state index is 2.62.